The number of esters is 1. The first kappa shape index (κ1) is 30.6. The smallest absolute Gasteiger partial charge is 0.407 e. The zero-order chi connectivity index (χ0) is 29.2. The van der Waals surface area contributed by atoms with Crippen molar-refractivity contribution in [2.45, 2.75) is 103 Å². The fraction of sp³-hybridized carbons (Fsp3) is 0.567. The van der Waals surface area contributed by atoms with Crippen LogP contribution >= 0.6 is 0 Å². The molecule has 0 saturated carbocycles. The first-order chi connectivity index (χ1) is 18.0. The van der Waals surface area contributed by atoms with Gasteiger partial charge in [-0.2, -0.15) is 0 Å². The number of nitrogens with zero attached hydrogens (tertiary/aromatic N) is 2. The molecule has 1 aliphatic rings. The van der Waals surface area contributed by atoms with E-state index in [0.717, 1.165) is 23.4 Å². The summed E-state index contributed by atoms with van der Waals surface area (Å²) in [6, 6.07) is 10.6. The lowest BCUT2D eigenvalue weighted by Gasteiger charge is -2.42. The minimum absolute atomic E-state index is 0.0418. The fourth-order valence-electron chi connectivity index (χ4n) is 4.77. The number of pyridine rings is 1. The average Bonchev–Trinajstić information content (AvgIpc) is 3.25. The van der Waals surface area contributed by atoms with Crippen LogP contribution in [-0.2, 0) is 15.6 Å². The minimum atomic E-state index is -2.26. The maximum absolute atomic E-state index is 12.7. The Morgan fingerprint density at radius 2 is 1.72 bits per heavy atom. The molecule has 1 saturated heterocycles. The standard InChI is InChI=1S/C30H45N3O5Si/c1-29(2,3)32-25-17-14-22(19-31-25)26(38-39(8,9)30(4,5)6)24-16-15-23(33(24)28(35)36)18-20-10-12-21(13-11-20)27(34)37-7/h10-14,17,19,23-24,26H,15-16,18H2,1-9H3,(H,31,32)(H,35,36)/t23-,24+,26?/m0/s1. The summed E-state index contributed by atoms with van der Waals surface area (Å²) >= 11 is 0. The van der Waals surface area contributed by atoms with E-state index >= 15 is 0 Å². The van der Waals surface area contributed by atoms with Gasteiger partial charge in [0.1, 0.15) is 5.82 Å². The van der Waals surface area contributed by atoms with E-state index in [1.54, 1.807) is 17.0 Å². The molecule has 0 radical (unpaired) electrons. The highest BCUT2D eigenvalue weighted by Gasteiger charge is 2.47. The first-order valence-electron chi connectivity index (χ1n) is 13.6. The molecule has 1 unspecified atom stereocenters. The van der Waals surface area contributed by atoms with Gasteiger partial charge in [0.2, 0.25) is 0 Å². The number of amides is 1. The van der Waals surface area contributed by atoms with Crippen molar-refractivity contribution in [2.75, 3.05) is 12.4 Å². The van der Waals surface area contributed by atoms with Gasteiger partial charge in [-0.3, -0.25) is 4.90 Å². The molecule has 2 heterocycles. The van der Waals surface area contributed by atoms with E-state index in [-0.39, 0.29) is 22.7 Å². The summed E-state index contributed by atoms with van der Waals surface area (Å²) in [5.74, 6) is 0.379. The Labute approximate surface area is 234 Å². The highest BCUT2D eigenvalue weighted by Crippen LogP contribution is 2.44. The number of hydrogen-bond donors (Lipinski definition) is 2. The van der Waals surface area contributed by atoms with Crippen molar-refractivity contribution in [3.05, 3.63) is 59.3 Å². The summed E-state index contributed by atoms with van der Waals surface area (Å²) in [6.45, 7) is 17.2. The lowest BCUT2D eigenvalue weighted by molar-refractivity contribution is 0.0596. The largest absolute Gasteiger partial charge is 0.465 e. The van der Waals surface area contributed by atoms with E-state index in [1.807, 2.05) is 30.5 Å². The Morgan fingerprint density at radius 3 is 2.21 bits per heavy atom. The minimum Gasteiger partial charge on any atom is -0.465 e. The molecule has 1 aromatic carbocycles. The lowest BCUT2D eigenvalue weighted by Crippen LogP contribution is -2.49. The second-order valence-electron chi connectivity index (χ2n) is 13.0. The van der Waals surface area contributed by atoms with E-state index in [4.69, 9.17) is 9.16 Å². The van der Waals surface area contributed by atoms with Crippen molar-refractivity contribution in [2.24, 2.45) is 0 Å². The van der Waals surface area contributed by atoms with Crippen molar-refractivity contribution in [3.63, 3.8) is 0 Å². The van der Waals surface area contributed by atoms with Crippen molar-refractivity contribution in [3.8, 4) is 0 Å². The number of carboxylic acid groups (broad SMARTS) is 1. The van der Waals surface area contributed by atoms with Crippen molar-refractivity contribution in [1.29, 1.82) is 0 Å². The van der Waals surface area contributed by atoms with Crippen LogP contribution in [0.15, 0.2) is 42.6 Å². The highest BCUT2D eigenvalue weighted by atomic mass is 28.4. The molecule has 1 fully saturated rings. The molecular weight excluding hydrogens is 510 g/mol. The molecule has 9 heteroatoms. The Bertz CT molecular complexity index is 1140. The van der Waals surface area contributed by atoms with Gasteiger partial charge in [-0.25, -0.2) is 14.6 Å². The number of ether oxygens (including phenoxy) is 1. The van der Waals surface area contributed by atoms with E-state index in [2.05, 4.69) is 64.9 Å². The van der Waals surface area contributed by atoms with Crippen LogP contribution in [0.5, 0.6) is 0 Å². The topological polar surface area (TPSA) is 101 Å². The SMILES string of the molecule is COC(=O)c1ccc(C[C@@H]2CC[C@H](C(O[Si](C)(C)C(C)(C)C)c3ccc(NC(C)(C)C)nc3)N2C(=O)O)cc1. The van der Waals surface area contributed by atoms with Crippen LogP contribution in [0, 0.1) is 0 Å². The highest BCUT2D eigenvalue weighted by molar-refractivity contribution is 6.74. The molecule has 8 nitrogen and oxygen atoms in total. The van der Waals surface area contributed by atoms with Gasteiger partial charge in [0, 0.05) is 23.3 Å². The third-order valence-corrected chi connectivity index (χ3v) is 12.3. The van der Waals surface area contributed by atoms with Gasteiger partial charge < -0.3 is 19.6 Å². The molecule has 1 amide bonds. The maximum atomic E-state index is 12.7. The van der Waals surface area contributed by atoms with Gasteiger partial charge in [0.05, 0.1) is 24.8 Å². The molecule has 0 aliphatic carbocycles. The predicted octanol–water partition coefficient (Wildman–Crippen LogP) is 6.90. The second kappa shape index (κ2) is 11.7. The zero-order valence-corrected chi connectivity index (χ0v) is 25.9. The molecule has 1 aromatic heterocycles. The number of carbonyl (C=O) groups excluding carboxylic acids is 1. The zero-order valence-electron chi connectivity index (χ0n) is 24.9. The van der Waals surface area contributed by atoms with Gasteiger partial charge in [-0.15, -0.1) is 0 Å². The molecule has 1 aliphatic heterocycles. The number of rotatable bonds is 8. The summed E-state index contributed by atoms with van der Waals surface area (Å²) in [6.07, 6.45) is 2.43. The van der Waals surface area contributed by atoms with Gasteiger partial charge >= 0.3 is 12.1 Å². The van der Waals surface area contributed by atoms with Gasteiger partial charge in [-0.05, 0) is 81.9 Å². The summed E-state index contributed by atoms with van der Waals surface area (Å²) < 4.78 is 11.8. The van der Waals surface area contributed by atoms with Gasteiger partial charge in [0.25, 0.3) is 0 Å². The number of hydrogen-bond acceptors (Lipinski definition) is 6. The molecule has 2 N–H and O–H groups in total. The predicted molar refractivity (Wildman–Crippen MR) is 157 cm³/mol. The van der Waals surface area contributed by atoms with Crippen LogP contribution in [-0.4, -0.2) is 60.1 Å². The Morgan fingerprint density at radius 1 is 1.08 bits per heavy atom. The number of carbonyl (C=O) groups is 2. The van der Waals surface area contributed by atoms with Crippen LogP contribution in [0.3, 0.4) is 0 Å². The van der Waals surface area contributed by atoms with Gasteiger partial charge in [-0.1, -0.05) is 39.0 Å². The molecule has 2 aromatic rings. The molecule has 39 heavy (non-hydrogen) atoms. The number of benzene rings is 1. The second-order valence-corrected chi connectivity index (χ2v) is 17.8. The molecule has 214 valence electrons. The molecule has 0 bridgehead atoms. The summed E-state index contributed by atoms with van der Waals surface area (Å²) in [5, 5.41) is 13.7. The third-order valence-electron chi connectivity index (χ3n) is 7.81. The Kier molecular flexibility index (Phi) is 9.17. The normalized spacial score (nSPS) is 19.1. The van der Waals surface area contributed by atoms with E-state index in [1.165, 1.54) is 7.11 Å². The van der Waals surface area contributed by atoms with Crippen LogP contribution in [0.1, 0.15) is 82.0 Å². The van der Waals surface area contributed by atoms with Crippen molar-refractivity contribution < 1.29 is 23.9 Å². The number of aromatic nitrogens is 1. The Balaban J connectivity index is 1.92. The number of likely N-dealkylation sites (tertiary alicyclic amines) is 1. The fourth-order valence-corrected chi connectivity index (χ4v) is 6.05. The van der Waals surface area contributed by atoms with Crippen molar-refractivity contribution in [1.82, 2.24) is 9.88 Å². The van der Waals surface area contributed by atoms with Crippen LogP contribution in [0.2, 0.25) is 18.1 Å². The summed E-state index contributed by atoms with van der Waals surface area (Å²) in [5.41, 5.74) is 2.21. The van der Waals surface area contributed by atoms with Crippen molar-refractivity contribution >= 4 is 26.2 Å². The number of nitrogens with one attached hydrogen (secondary N) is 1. The van der Waals surface area contributed by atoms with Crippen LogP contribution in [0.25, 0.3) is 0 Å². The number of anilines is 1. The third kappa shape index (κ3) is 7.60. The Hall–Kier alpha value is -2.91. The average molecular weight is 556 g/mol. The maximum Gasteiger partial charge on any atom is 0.407 e. The molecule has 0 spiro atoms. The van der Waals surface area contributed by atoms with E-state index in [9.17, 15) is 14.7 Å². The van der Waals surface area contributed by atoms with Gasteiger partial charge in [0.15, 0.2) is 8.32 Å². The summed E-state index contributed by atoms with van der Waals surface area (Å²) in [4.78, 5) is 30.8. The number of methoxy groups -OCH3 is 1. The van der Waals surface area contributed by atoms with Crippen LogP contribution < -0.4 is 5.32 Å². The molecular formula is C30H45N3O5Si. The summed E-state index contributed by atoms with van der Waals surface area (Å²) in [7, 11) is -0.905. The lowest BCUT2D eigenvalue weighted by atomic mass is 10.0. The van der Waals surface area contributed by atoms with E-state index in [0.29, 0.717) is 18.4 Å². The molecule has 3 atom stereocenters. The van der Waals surface area contributed by atoms with E-state index < -0.39 is 26.5 Å². The molecule has 3 rings (SSSR count). The van der Waals surface area contributed by atoms with Crippen LogP contribution in [0.4, 0.5) is 10.6 Å². The quantitative estimate of drug-likeness (QED) is 0.270. The first-order valence-corrected chi connectivity index (χ1v) is 16.5. The monoisotopic (exact) mass is 555 g/mol.